The molecule has 0 atom stereocenters. The van der Waals surface area contributed by atoms with E-state index in [4.69, 9.17) is 37.8 Å². The van der Waals surface area contributed by atoms with Gasteiger partial charge in [-0.3, -0.25) is 4.57 Å². The van der Waals surface area contributed by atoms with Gasteiger partial charge in [0.2, 0.25) is 0 Å². The zero-order chi connectivity index (χ0) is 39.6. The van der Waals surface area contributed by atoms with Crippen LogP contribution in [0.1, 0.15) is 0 Å². The summed E-state index contributed by atoms with van der Waals surface area (Å²) < 4.78 is 15.8. The van der Waals surface area contributed by atoms with Crippen LogP contribution in [0.25, 0.3) is 33.5 Å². The summed E-state index contributed by atoms with van der Waals surface area (Å²) in [7, 11) is -3.79. The lowest BCUT2D eigenvalue weighted by atomic mass is 9.86. The second-order valence-electron chi connectivity index (χ2n) is 14.8. The van der Waals surface area contributed by atoms with E-state index in [0.717, 1.165) is 34.2 Å². The van der Waals surface area contributed by atoms with E-state index < -0.39 is 23.3 Å². The molecule has 0 unspecified atom stereocenters. The maximum atomic E-state index is 10.2. The fraction of sp³-hybridized carbons (Fsp3) is 0.333. The molecule has 54 heavy (non-hydrogen) atoms. The molecule has 0 radical (unpaired) electrons. The predicted octanol–water partition coefficient (Wildman–Crippen LogP) is 7.84. The lowest BCUT2D eigenvalue weighted by Crippen LogP contribution is -2.36. The van der Waals surface area contributed by atoms with Crippen molar-refractivity contribution in [2.24, 2.45) is 0 Å². The van der Waals surface area contributed by atoms with Crippen LogP contribution in [0.5, 0.6) is 11.5 Å². The van der Waals surface area contributed by atoms with Gasteiger partial charge in [0.05, 0.1) is 11.3 Å². The number of hydrogen-bond acceptors (Lipinski definition) is 10. The van der Waals surface area contributed by atoms with Gasteiger partial charge < -0.3 is 34.3 Å². The van der Waals surface area contributed by atoms with Crippen LogP contribution in [-0.4, -0.2) is 85.8 Å². The SMILES string of the molecule is C[Si](C)(C)CCOCn1c(-c2nc(Cl)ccc2O)cc2cccnc21.C[Si](C)(C)CCOCn1c(B(O)O)cc2cccnc21.Oc1ccc(Cl)nc1I. The summed E-state index contributed by atoms with van der Waals surface area (Å²) in [5.41, 5.74) is 3.09. The third-order valence-corrected chi connectivity index (χ3v) is 12.5. The molecular weight excluding hydrogens is 877 g/mol. The highest BCUT2D eigenvalue weighted by Crippen LogP contribution is 2.33. The maximum Gasteiger partial charge on any atom is 0.506 e. The Morgan fingerprint density at radius 2 is 1.20 bits per heavy atom. The van der Waals surface area contributed by atoms with Crippen LogP contribution in [0.2, 0.25) is 61.7 Å². The van der Waals surface area contributed by atoms with Crippen LogP contribution in [0, 0.1) is 3.70 Å². The molecule has 12 nitrogen and oxygen atoms in total. The summed E-state index contributed by atoms with van der Waals surface area (Å²) in [6.45, 7) is 15.9. The minimum Gasteiger partial charge on any atom is -0.506 e. The van der Waals surface area contributed by atoms with Crippen LogP contribution in [0.3, 0.4) is 0 Å². The van der Waals surface area contributed by atoms with Crippen LogP contribution < -0.4 is 5.59 Å². The zero-order valence-electron chi connectivity index (χ0n) is 31.2. The molecule has 0 bridgehead atoms. The Bertz CT molecular complexity index is 2150. The summed E-state index contributed by atoms with van der Waals surface area (Å²) in [5, 5.41) is 40.6. The molecule has 6 heterocycles. The van der Waals surface area contributed by atoms with Crippen molar-refractivity contribution in [3.05, 3.63) is 87.1 Å². The third-order valence-electron chi connectivity index (χ3n) is 7.92. The minimum atomic E-state index is -1.52. The van der Waals surface area contributed by atoms with Gasteiger partial charge in [-0.05, 0) is 95.3 Å². The van der Waals surface area contributed by atoms with E-state index in [1.54, 1.807) is 41.2 Å². The molecule has 0 saturated carbocycles. The van der Waals surface area contributed by atoms with Crippen molar-refractivity contribution in [2.45, 2.75) is 64.8 Å². The van der Waals surface area contributed by atoms with E-state index in [-0.39, 0.29) is 18.2 Å². The molecule has 288 valence electrons. The molecule has 0 amide bonds. The molecule has 0 saturated heterocycles. The number of pyridine rings is 4. The molecule has 4 N–H and O–H groups in total. The van der Waals surface area contributed by atoms with E-state index >= 15 is 0 Å². The average molecular weight is 924 g/mol. The van der Waals surface area contributed by atoms with Crippen molar-refractivity contribution in [1.29, 1.82) is 0 Å². The monoisotopic (exact) mass is 922 g/mol. The van der Waals surface area contributed by atoms with Gasteiger partial charge in [-0.25, -0.2) is 19.9 Å². The summed E-state index contributed by atoms with van der Waals surface area (Å²) >= 11 is 13.4. The number of fused-ring (bicyclic) bond motifs is 2. The van der Waals surface area contributed by atoms with Gasteiger partial charge in [-0.1, -0.05) is 62.5 Å². The van der Waals surface area contributed by atoms with Gasteiger partial charge in [0, 0.05) is 52.5 Å². The van der Waals surface area contributed by atoms with Crippen LogP contribution >= 0.6 is 45.8 Å². The van der Waals surface area contributed by atoms with Gasteiger partial charge in [-0.15, -0.1) is 0 Å². The first-order valence-corrected chi connectivity index (χ1v) is 26.5. The highest BCUT2D eigenvalue weighted by Gasteiger charge is 2.21. The summed E-state index contributed by atoms with van der Waals surface area (Å²) in [4.78, 5) is 16.8. The third kappa shape index (κ3) is 13.0. The molecular formula is C36H46BCl2IN6O6Si2. The Hall–Kier alpha value is -3.07. The minimum absolute atomic E-state index is 0.0792. The Labute approximate surface area is 341 Å². The number of rotatable bonds is 12. The van der Waals surface area contributed by atoms with E-state index in [1.165, 1.54) is 6.07 Å². The van der Waals surface area contributed by atoms with Crippen LogP contribution in [0.15, 0.2) is 73.1 Å². The van der Waals surface area contributed by atoms with Crippen molar-refractivity contribution in [3.63, 3.8) is 0 Å². The standard InChI is InChI=1S/C18H22ClN3O2Si.C13H21BN2O3Si.C5H3ClINO/c1-25(2,3)10-9-24-12-22-14(11-13-5-4-8-20-18(13)22)17-15(23)6-7-16(19)21-17;1-20(2,3)8-7-19-10-16-12(14(17)18)9-11-5-4-6-15-13(11)16;6-4-2-1-3(9)5(7)8-4/h4-8,11,23H,9-10,12H2,1-3H3;4-6,9,17-18H,7-8,10H2,1-3H3;1-2,9H. The molecule has 0 fully saturated rings. The molecule has 0 spiro atoms. The van der Waals surface area contributed by atoms with Crippen molar-refractivity contribution in [1.82, 2.24) is 29.1 Å². The fourth-order valence-corrected chi connectivity index (χ4v) is 7.35. The Morgan fingerprint density at radius 1 is 0.704 bits per heavy atom. The van der Waals surface area contributed by atoms with E-state index in [9.17, 15) is 15.2 Å². The fourth-order valence-electron chi connectivity index (χ4n) is 4.96. The first kappa shape index (κ1) is 43.7. The highest BCUT2D eigenvalue weighted by atomic mass is 127. The number of nitrogens with zero attached hydrogens (tertiary/aromatic N) is 6. The normalized spacial score (nSPS) is 11.6. The number of aromatic hydroxyl groups is 2. The van der Waals surface area contributed by atoms with E-state index in [0.29, 0.717) is 50.9 Å². The lowest BCUT2D eigenvalue weighted by molar-refractivity contribution is 0.0908. The van der Waals surface area contributed by atoms with Gasteiger partial charge in [0.1, 0.15) is 56.0 Å². The number of halogens is 3. The lowest BCUT2D eigenvalue weighted by Gasteiger charge is -2.16. The number of aromatic nitrogens is 6. The quantitative estimate of drug-likeness (QED) is 0.0412. The topological polar surface area (TPSA) is 161 Å². The molecule has 6 aromatic heterocycles. The van der Waals surface area contributed by atoms with E-state index in [1.807, 2.05) is 57.5 Å². The van der Waals surface area contributed by atoms with Gasteiger partial charge in [-0.2, -0.15) is 0 Å². The van der Waals surface area contributed by atoms with Crippen molar-refractivity contribution in [2.75, 3.05) is 13.2 Å². The first-order valence-electron chi connectivity index (χ1n) is 17.2. The average Bonchev–Trinajstić information content (AvgIpc) is 3.66. The molecule has 6 aromatic rings. The smallest absolute Gasteiger partial charge is 0.506 e. The summed E-state index contributed by atoms with van der Waals surface area (Å²) in [5.74, 6) is 0.246. The first-order chi connectivity index (χ1) is 25.4. The zero-order valence-corrected chi connectivity index (χ0v) is 36.8. The van der Waals surface area contributed by atoms with Crippen molar-refractivity contribution < 1.29 is 29.7 Å². The number of hydrogen-bond donors (Lipinski definition) is 4. The van der Waals surface area contributed by atoms with Gasteiger partial charge in [0.15, 0.2) is 0 Å². The summed E-state index contributed by atoms with van der Waals surface area (Å²) in [6, 6.07) is 19.6. The molecule has 0 aliphatic rings. The van der Waals surface area contributed by atoms with Gasteiger partial charge in [0.25, 0.3) is 0 Å². The maximum absolute atomic E-state index is 10.2. The second-order valence-corrected chi connectivity index (χ2v) is 27.8. The van der Waals surface area contributed by atoms with Crippen LogP contribution in [-0.2, 0) is 22.9 Å². The molecule has 0 aromatic carbocycles. The summed E-state index contributed by atoms with van der Waals surface area (Å²) in [6.07, 6.45) is 3.43. The van der Waals surface area contributed by atoms with Crippen molar-refractivity contribution in [3.8, 4) is 22.9 Å². The Balaban J connectivity index is 0.000000199. The van der Waals surface area contributed by atoms with E-state index in [2.05, 4.69) is 59.2 Å². The largest absolute Gasteiger partial charge is 0.506 e. The molecule has 18 heteroatoms. The molecule has 0 aliphatic carbocycles. The predicted molar refractivity (Wildman–Crippen MR) is 231 cm³/mol. The van der Waals surface area contributed by atoms with Crippen molar-refractivity contribution >= 4 is 96.7 Å². The van der Waals surface area contributed by atoms with Gasteiger partial charge >= 0.3 is 7.12 Å². The Morgan fingerprint density at radius 3 is 1.72 bits per heavy atom. The number of ether oxygens (including phenoxy) is 2. The molecule has 6 rings (SSSR count). The Kier molecular flexibility index (Phi) is 15.9. The van der Waals surface area contributed by atoms with Crippen LogP contribution in [0.4, 0.5) is 0 Å². The molecule has 0 aliphatic heterocycles. The second kappa shape index (κ2) is 19.7. The highest BCUT2D eigenvalue weighted by molar-refractivity contribution is 14.1.